The van der Waals surface area contributed by atoms with E-state index in [4.69, 9.17) is 9.84 Å². The zero-order valence-electron chi connectivity index (χ0n) is 11.2. The number of hydrogen-bond acceptors (Lipinski definition) is 5. The first kappa shape index (κ1) is 15.8. The number of carboxylic acid groups (broad SMARTS) is 1. The molecule has 5 nitrogen and oxygen atoms in total. The van der Waals surface area contributed by atoms with Crippen LogP contribution < -0.4 is 14.8 Å². The zero-order chi connectivity index (χ0) is 15.4. The van der Waals surface area contributed by atoms with Crippen molar-refractivity contribution >= 4 is 17.7 Å². The Labute approximate surface area is 124 Å². The number of alkyl halides is 2. The van der Waals surface area contributed by atoms with Crippen molar-refractivity contribution in [3.8, 4) is 11.5 Å². The first-order valence-corrected chi connectivity index (χ1v) is 7.38. The Balaban J connectivity index is 2.17. The highest BCUT2D eigenvalue weighted by atomic mass is 32.2. The summed E-state index contributed by atoms with van der Waals surface area (Å²) < 4.78 is 34.3. The van der Waals surface area contributed by atoms with Crippen molar-refractivity contribution < 1.29 is 28.2 Å². The van der Waals surface area contributed by atoms with Gasteiger partial charge in [0.15, 0.2) is 11.5 Å². The SMILES string of the molecule is CCOc1cc(C2N[C@@H](C(=O)O)CS2)ccc1OC(F)F. The Morgan fingerprint density at radius 1 is 1.52 bits per heavy atom. The third-order valence-corrected chi connectivity index (χ3v) is 4.13. The molecular weight excluding hydrogens is 304 g/mol. The molecule has 1 heterocycles. The largest absolute Gasteiger partial charge is 0.490 e. The maximum atomic E-state index is 12.3. The Morgan fingerprint density at radius 3 is 2.86 bits per heavy atom. The number of benzene rings is 1. The fourth-order valence-corrected chi connectivity index (χ4v) is 3.18. The highest BCUT2D eigenvalue weighted by Crippen LogP contribution is 2.38. The molecule has 1 aromatic carbocycles. The molecule has 0 amide bonds. The second-order valence-corrected chi connectivity index (χ2v) is 5.43. The van der Waals surface area contributed by atoms with Gasteiger partial charge in [0.1, 0.15) is 6.04 Å². The van der Waals surface area contributed by atoms with Gasteiger partial charge in [-0.2, -0.15) is 8.78 Å². The van der Waals surface area contributed by atoms with E-state index >= 15 is 0 Å². The molecule has 1 aliphatic rings. The van der Waals surface area contributed by atoms with Crippen LogP contribution in [0.15, 0.2) is 18.2 Å². The lowest BCUT2D eigenvalue weighted by atomic mass is 10.2. The molecule has 0 saturated carbocycles. The smallest absolute Gasteiger partial charge is 0.387 e. The normalized spacial score (nSPS) is 21.5. The van der Waals surface area contributed by atoms with Gasteiger partial charge in [-0.05, 0) is 24.6 Å². The average molecular weight is 319 g/mol. The summed E-state index contributed by atoms with van der Waals surface area (Å²) in [5, 5.41) is 11.7. The van der Waals surface area contributed by atoms with Crippen molar-refractivity contribution in [2.45, 2.75) is 25.0 Å². The van der Waals surface area contributed by atoms with E-state index in [0.717, 1.165) is 5.56 Å². The Hall–Kier alpha value is -1.54. The molecule has 0 aliphatic carbocycles. The molecule has 1 fully saturated rings. The zero-order valence-corrected chi connectivity index (χ0v) is 12.0. The van der Waals surface area contributed by atoms with Crippen LogP contribution in [0, 0.1) is 0 Å². The molecule has 1 unspecified atom stereocenters. The lowest BCUT2D eigenvalue weighted by molar-refractivity contribution is -0.138. The van der Waals surface area contributed by atoms with Crippen molar-refractivity contribution in [3.05, 3.63) is 23.8 Å². The fraction of sp³-hybridized carbons (Fsp3) is 0.462. The van der Waals surface area contributed by atoms with Crippen LogP contribution in [0.5, 0.6) is 11.5 Å². The van der Waals surface area contributed by atoms with E-state index in [1.807, 2.05) is 0 Å². The van der Waals surface area contributed by atoms with Gasteiger partial charge >= 0.3 is 12.6 Å². The maximum absolute atomic E-state index is 12.3. The third kappa shape index (κ3) is 3.98. The number of rotatable bonds is 6. The topological polar surface area (TPSA) is 67.8 Å². The van der Waals surface area contributed by atoms with Crippen LogP contribution in [0.3, 0.4) is 0 Å². The van der Waals surface area contributed by atoms with Gasteiger partial charge in [0, 0.05) is 5.75 Å². The second-order valence-electron chi connectivity index (χ2n) is 4.29. The van der Waals surface area contributed by atoms with Crippen LogP contribution >= 0.6 is 11.8 Å². The lowest BCUT2D eigenvalue weighted by Crippen LogP contribution is -2.33. The molecule has 0 aromatic heterocycles. The van der Waals surface area contributed by atoms with Crippen molar-refractivity contribution in [1.82, 2.24) is 5.32 Å². The van der Waals surface area contributed by atoms with Crippen molar-refractivity contribution in [1.29, 1.82) is 0 Å². The first-order chi connectivity index (χ1) is 10.0. The molecule has 0 radical (unpaired) electrons. The van der Waals surface area contributed by atoms with Gasteiger partial charge in [0.2, 0.25) is 0 Å². The predicted molar refractivity (Wildman–Crippen MR) is 74.0 cm³/mol. The molecule has 1 aromatic rings. The molecule has 2 N–H and O–H groups in total. The minimum atomic E-state index is -2.93. The van der Waals surface area contributed by atoms with Crippen LogP contribution in [0.2, 0.25) is 0 Å². The van der Waals surface area contributed by atoms with E-state index in [1.165, 1.54) is 17.8 Å². The highest BCUT2D eigenvalue weighted by molar-refractivity contribution is 7.99. The minimum Gasteiger partial charge on any atom is -0.490 e. The minimum absolute atomic E-state index is 0.0339. The number of hydrogen-bond donors (Lipinski definition) is 2. The van der Waals surface area contributed by atoms with Gasteiger partial charge in [-0.3, -0.25) is 10.1 Å². The summed E-state index contributed by atoms with van der Waals surface area (Å²) in [5.41, 5.74) is 0.758. The van der Waals surface area contributed by atoms with Gasteiger partial charge in [0.05, 0.1) is 12.0 Å². The van der Waals surface area contributed by atoms with Gasteiger partial charge in [-0.15, -0.1) is 11.8 Å². The summed E-state index contributed by atoms with van der Waals surface area (Å²) in [6.07, 6.45) is 0. The molecular formula is C13H15F2NO4S. The van der Waals surface area contributed by atoms with Gasteiger partial charge in [-0.1, -0.05) is 6.07 Å². The van der Waals surface area contributed by atoms with Crippen molar-refractivity contribution in [2.24, 2.45) is 0 Å². The molecule has 0 spiro atoms. The number of thioether (sulfide) groups is 1. The summed E-state index contributed by atoms with van der Waals surface area (Å²) in [6.45, 7) is -0.876. The molecule has 8 heteroatoms. The molecule has 21 heavy (non-hydrogen) atoms. The van der Waals surface area contributed by atoms with E-state index in [-0.39, 0.29) is 16.9 Å². The number of carbonyl (C=O) groups is 1. The van der Waals surface area contributed by atoms with E-state index in [1.54, 1.807) is 19.1 Å². The number of aliphatic carboxylic acids is 1. The van der Waals surface area contributed by atoms with Gasteiger partial charge in [0.25, 0.3) is 0 Å². The van der Waals surface area contributed by atoms with E-state index in [2.05, 4.69) is 10.1 Å². The summed E-state index contributed by atoms with van der Waals surface area (Å²) >= 11 is 1.44. The highest BCUT2D eigenvalue weighted by Gasteiger charge is 2.30. The maximum Gasteiger partial charge on any atom is 0.387 e. The van der Waals surface area contributed by atoms with Gasteiger partial charge in [-0.25, -0.2) is 0 Å². The average Bonchev–Trinajstić information content (AvgIpc) is 2.90. The standard InChI is InChI=1S/C13H15F2NO4S/c1-2-19-10-5-7(3-4-9(10)20-13(14)15)11-16-8(6-21-11)12(17)18/h3-5,8,11,13,16H,2,6H2,1H3,(H,17,18)/t8-,11?/m1/s1. The summed E-state index contributed by atoms with van der Waals surface area (Å²) in [4.78, 5) is 10.9. The van der Waals surface area contributed by atoms with E-state index in [9.17, 15) is 13.6 Å². The van der Waals surface area contributed by atoms with Crippen LogP contribution in [-0.4, -0.2) is 36.1 Å². The second kappa shape index (κ2) is 6.95. The quantitative estimate of drug-likeness (QED) is 0.839. The first-order valence-electron chi connectivity index (χ1n) is 6.33. The van der Waals surface area contributed by atoms with Gasteiger partial charge < -0.3 is 14.6 Å². The van der Waals surface area contributed by atoms with Crippen molar-refractivity contribution in [2.75, 3.05) is 12.4 Å². The predicted octanol–water partition coefficient (Wildman–Crippen LogP) is 2.47. The van der Waals surface area contributed by atoms with Crippen LogP contribution in [0.1, 0.15) is 17.9 Å². The van der Waals surface area contributed by atoms with Crippen LogP contribution in [0.25, 0.3) is 0 Å². The summed E-state index contributed by atoms with van der Waals surface area (Å²) in [5.74, 6) is -0.281. The number of ether oxygens (including phenoxy) is 2. The van der Waals surface area contributed by atoms with Crippen LogP contribution in [-0.2, 0) is 4.79 Å². The lowest BCUT2D eigenvalue weighted by Gasteiger charge is -2.16. The summed E-state index contributed by atoms with van der Waals surface area (Å²) in [6, 6.07) is 4.00. The number of nitrogens with one attached hydrogen (secondary N) is 1. The Bertz CT molecular complexity index is 515. The molecule has 1 aliphatic heterocycles. The molecule has 2 atom stereocenters. The Kier molecular flexibility index (Phi) is 5.24. The monoisotopic (exact) mass is 319 g/mol. The van der Waals surface area contributed by atoms with Crippen LogP contribution in [0.4, 0.5) is 8.78 Å². The number of halogens is 2. The van der Waals surface area contributed by atoms with Crippen molar-refractivity contribution in [3.63, 3.8) is 0 Å². The summed E-state index contributed by atoms with van der Waals surface area (Å²) in [7, 11) is 0. The van der Waals surface area contributed by atoms with E-state index in [0.29, 0.717) is 12.4 Å². The molecule has 2 rings (SSSR count). The number of carboxylic acids is 1. The molecule has 1 saturated heterocycles. The van der Waals surface area contributed by atoms with E-state index < -0.39 is 18.6 Å². The Morgan fingerprint density at radius 2 is 2.29 bits per heavy atom. The molecule has 116 valence electrons. The molecule has 0 bridgehead atoms. The third-order valence-electron chi connectivity index (χ3n) is 2.87. The fourth-order valence-electron chi connectivity index (χ4n) is 1.96.